The van der Waals surface area contributed by atoms with Crippen molar-refractivity contribution in [3.05, 3.63) is 0 Å². The second kappa shape index (κ2) is 10.3. The minimum atomic E-state index is -0.343. The monoisotopic (exact) mass is 311 g/mol. The van der Waals surface area contributed by atoms with Gasteiger partial charge in [0.15, 0.2) is 0 Å². The molecule has 1 aliphatic heterocycles. The third-order valence-corrected chi connectivity index (χ3v) is 4.44. The molecule has 1 heterocycles. The van der Waals surface area contributed by atoms with Crippen molar-refractivity contribution >= 4 is 5.97 Å². The smallest absolute Gasteiger partial charge is 0.306 e. The first-order valence-electron chi connectivity index (χ1n) is 9.34. The standard InChI is InChI=1S/C19H37NO2/c1-17-13-12-16-20(17)15-11-9-7-5-6-8-10-14-18(21)22-19(2,3)4/h17H,5-16H2,1-4H3. The van der Waals surface area contributed by atoms with Crippen molar-refractivity contribution in [1.29, 1.82) is 0 Å². The first-order valence-corrected chi connectivity index (χ1v) is 9.34. The molecule has 1 atom stereocenters. The van der Waals surface area contributed by atoms with E-state index < -0.39 is 0 Å². The van der Waals surface area contributed by atoms with E-state index in [9.17, 15) is 4.79 Å². The summed E-state index contributed by atoms with van der Waals surface area (Å²) < 4.78 is 5.31. The largest absolute Gasteiger partial charge is 0.460 e. The van der Waals surface area contributed by atoms with Gasteiger partial charge < -0.3 is 9.64 Å². The molecule has 0 radical (unpaired) electrons. The van der Waals surface area contributed by atoms with Crippen LogP contribution in [0.1, 0.15) is 91.9 Å². The van der Waals surface area contributed by atoms with Crippen LogP contribution in [0.25, 0.3) is 0 Å². The van der Waals surface area contributed by atoms with E-state index in [1.165, 1.54) is 58.0 Å². The minimum absolute atomic E-state index is 0.0489. The molecule has 1 unspecified atom stereocenters. The summed E-state index contributed by atoms with van der Waals surface area (Å²) >= 11 is 0. The maximum absolute atomic E-state index is 11.6. The van der Waals surface area contributed by atoms with Crippen LogP contribution in [0.4, 0.5) is 0 Å². The van der Waals surface area contributed by atoms with Crippen molar-refractivity contribution in [3.63, 3.8) is 0 Å². The number of carbonyl (C=O) groups excluding carboxylic acids is 1. The molecule has 22 heavy (non-hydrogen) atoms. The zero-order valence-corrected chi connectivity index (χ0v) is 15.3. The van der Waals surface area contributed by atoms with Crippen LogP contribution in [0.15, 0.2) is 0 Å². The second-order valence-electron chi connectivity index (χ2n) is 7.84. The molecular weight excluding hydrogens is 274 g/mol. The lowest BCUT2D eigenvalue weighted by molar-refractivity contribution is -0.154. The second-order valence-corrected chi connectivity index (χ2v) is 7.84. The van der Waals surface area contributed by atoms with Crippen molar-refractivity contribution in [3.8, 4) is 0 Å². The average molecular weight is 312 g/mol. The molecule has 1 rings (SSSR count). The van der Waals surface area contributed by atoms with Gasteiger partial charge in [-0.25, -0.2) is 0 Å². The summed E-state index contributed by atoms with van der Waals surface area (Å²) in [5.74, 6) is -0.0489. The van der Waals surface area contributed by atoms with Crippen LogP contribution in [-0.2, 0) is 9.53 Å². The summed E-state index contributed by atoms with van der Waals surface area (Å²) in [6.45, 7) is 10.7. The Morgan fingerprint density at radius 3 is 2.18 bits per heavy atom. The Labute approximate surface area is 137 Å². The highest BCUT2D eigenvalue weighted by atomic mass is 16.6. The SMILES string of the molecule is CC1CCCN1CCCCCCCCCC(=O)OC(C)(C)C. The lowest BCUT2D eigenvalue weighted by Gasteiger charge is -2.20. The Balaban J connectivity index is 1.84. The van der Waals surface area contributed by atoms with E-state index in [4.69, 9.17) is 4.74 Å². The normalized spacial score (nSPS) is 19.5. The molecule has 0 saturated carbocycles. The third-order valence-electron chi connectivity index (χ3n) is 4.44. The Hall–Kier alpha value is -0.570. The number of carbonyl (C=O) groups is 1. The Morgan fingerprint density at radius 2 is 1.64 bits per heavy atom. The maximum atomic E-state index is 11.6. The lowest BCUT2D eigenvalue weighted by atomic mass is 10.1. The van der Waals surface area contributed by atoms with E-state index in [-0.39, 0.29) is 11.6 Å². The highest BCUT2D eigenvalue weighted by Crippen LogP contribution is 2.17. The van der Waals surface area contributed by atoms with Crippen LogP contribution in [0, 0.1) is 0 Å². The van der Waals surface area contributed by atoms with Gasteiger partial charge in [0.2, 0.25) is 0 Å². The van der Waals surface area contributed by atoms with Crippen molar-refractivity contribution in [2.75, 3.05) is 13.1 Å². The molecule has 0 bridgehead atoms. The van der Waals surface area contributed by atoms with Gasteiger partial charge in [-0.3, -0.25) is 4.79 Å². The fraction of sp³-hybridized carbons (Fsp3) is 0.947. The molecule has 0 aliphatic carbocycles. The first-order chi connectivity index (χ1) is 10.4. The van der Waals surface area contributed by atoms with Gasteiger partial charge in [0.25, 0.3) is 0 Å². The fourth-order valence-corrected chi connectivity index (χ4v) is 3.19. The topological polar surface area (TPSA) is 29.5 Å². The van der Waals surface area contributed by atoms with Gasteiger partial charge in [0.05, 0.1) is 0 Å². The summed E-state index contributed by atoms with van der Waals surface area (Å²) in [5, 5.41) is 0. The zero-order valence-electron chi connectivity index (χ0n) is 15.3. The van der Waals surface area contributed by atoms with Crippen LogP contribution >= 0.6 is 0 Å². The number of esters is 1. The van der Waals surface area contributed by atoms with Gasteiger partial charge in [-0.15, -0.1) is 0 Å². The quantitative estimate of drug-likeness (QED) is 0.423. The number of ether oxygens (including phenoxy) is 1. The maximum Gasteiger partial charge on any atom is 0.306 e. The number of unbranched alkanes of at least 4 members (excludes halogenated alkanes) is 6. The van der Waals surface area contributed by atoms with Gasteiger partial charge in [0, 0.05) is 12.5 Å². The lowest BCUT2D eigenvalue weighted by Crippen LogP contribution is -2.27. The summed E-state index contributed by atoms with van der Waals surface area (Å²) in [6.07, 6.45) is 12.1. The molecule has 1 saturated heterocycles. The predicted octanol–water partition coefficient (Wildman–Crippen LogP) is 4.93. The van der Waals surface area contributed by atoms with E-state index in [1.807, 2.05) is 20.8 Å². The van der Waals surface area contributed by atoms with Gasteiger partial charge in [-0.05, 0) is 66.5 Å². The molecule has 0 N–H and O–H groups in total. The summed E-state index contributed by atoms with van der Waals surface area (Å²) in [6, 6.07) is 0.813. The molecule has 1 fully saturated rings. The molecule has 3 nitrogen and oxygen atoms in total. The van der Waals surface area contributed by atoms with Crippen LogP contribution in [0.2, 0.25) is 0 Å². The molecule has 0 aromatic carbocycles. The van der Waals surface area contributed by atoms with Crippen molar-refractivity contribution in [2.24, 2.45) is 0 Å². The third kappa shape index (κ3) is 9.45. The van der Waals surface area contributed by atoms with E-state index >= 15 is 0 Å². The van der Waals surface area contributed by atoms with Crippen molar-refractivity contribution in [2.45, 2.75) is 104 Å². The van der Waals surface area contributed by atoms with Gasteiger partial charge in [-0.1, -0.05) is 32.1 Å². The Bertz CT molecular complexity index is 309. The van der Waals surface area contributed by atoms with Gasteiger partial charge in [0.1, 0.15) is 5.60 Å². The molecular formula is C19H37NO2. The van der Waals surface area contributed by atoms with E-state index in [2.05, 4.69) is 11.8 Å². The number of hydrogen-bond donors (Lipinski definition) is 0. The predicted molar refractivity (Wildman–Crippen MR) is 93.1 cm³/mol. The molecule has 0 aromatic heterocycles. The number of likely N-dealkylation sites (tertiary alicyclic amines) is 1. The van der Waals surface area contributed by atoms with Crippen LogP contribution in [0.3, 0.4) is 0 Å². The highest BCUT2D eigenvalue weighted by molar-refractivity contribution is 5.69. The van der Waals surface area contributed by atoms with Crippen LogP contribution < -0.4 is 0 Å². The molecule has 0 spiro atoms. The van der Waals surface area contributed by atoms with Crippen molar-refractivity contribution in [1.82, 2.24) is 4.90 Å². The van der Waals surface area contributed by atoms with Crippen molar-refractivity contribution < 1.29 is 9.53 Å². The molecule has 0 amide bonds. The minimum Gasteiger partial charge on any atom is -0.460 e. The van der Waals surface area contributed by atoms with Gasteiger partial charge >= 0.3 is 5.97 Å². The summed E-state index contributed by atoms with van der Waals surface area (Å²) in [7, 11) is 0. The zero-order chi connectivity index (χ0) is 16.4. The summed E-state index contributed by atoms with van der Waals surface area (Å²) in [5.41, 5.74) is -0.343. The van der Waals surface area contributed by atoms with E-state index in [1.54, 1.807) is 0 Å². The first kappa shape index (κ1) is 19.5. The molecule has 1 aliphatic rings. The number of hydrogen-bond acceptors (Lipinski definition) is 3. The van der Waals surface area contributed by atoms with Crippen LogP contribution in [0.5, 0.6) is 0 Å². The number of rotatable bonds is 10. The van der Waals surface area contributed by atoms with Crippen LogP contribution in [-0.4, -0.2) is 35.6 Å². The van der Waals surface area contributed by atoms with Gasteiger partial charge in [-0.2, -0.15) is 0 Å². The Morgan fingerprint density at radius 1 is 1.05 bits per heavy atom. The molecule has 0 aromatic rings. The molecule has 3 heteroatoms. The Kier molecular flexibility index (Phi) is 9.08. The van der Waals surface area contributed by atoms with E-state index in [0.29, 0.717) is 6.42 Å². The van der Waals surface area contributed by atoms with E-state index in [0.717, 1.165) is 18.9 Å². The molecule has 130 valence electrons. The number of nitrogens with zero attached hydrogens (tertiary/aromatic N) is 1. The average Bonchev–Trinajstić information content (AvgIpc) is 2.80. The highest BCUT2D eigenvalue weighted by Gasteiger charge is 2.18. The summed E-state index contributed by atoms with van der Waals surface area (Å²) in [4.78, 5) is 14.2. The fourth-order valence-electron chi connectivity index (χ4n) is 3.19.